The number of aryl methyl sites for hydroxylation is 1. The highest BCUT2D eigenvalue weighted by Crippen LogP contribution is 2.28. The van der Waals surface area contributed by atoms with Gasteiger partial charge in [0, 0.05) is 19.2 Å². The van der Waals surface area contributed by atoms with Gasteiger partial charge >= 0.3 is 0 Å². The fraction of sp³-hybridized carbons (Fsp3) is 0.111. The van der Waals surface area contributed by atoms with Crippen molar-refractivity contribution in [3.05, 3.63) is 58.7 Å². The molecule has 0 atom stereocenters. The Balaban J connectivity index is 1.88. The maximum absolute atomic E-state index is 14.0. The van der Waals surface area contributed by atoms with Gasteiger partial charge in [0.25, 0.3) is 5.91 Å². The van der Waals surface area contributed by atoms with E-state index in [0.29, 0.717) is 22.5 Å². The van der Waals surface area contributed by atoms with E-state index in [0.717, 1.165) is 17.4 Å². The van der Waals surface area contributed by atoms with E-state index in [1.54, 1.807) is 31.3 Å². The van der Waals surface area contributed by atoms with Crippen LogP contribution in [0.15, 0.2) is 36.5 Å². The molecule has 0 bridgehead atoms. The SMILES string of the molecule is CC(=O)Nc1cc(NC(=O)c2sc(-c3ccccn3)nc2C)c(F)cc1F. The highest BCUT2D eigenvalue weighted by molar-refractivity contribution is 7.17. The smallest absolute Gasteiger partial charge is 0.267 e. The van der Waals surface area contributed by atoms with Crippen LogP contribution in [0.5, 0.6) is 0 Å². The predicted octanol–water partition coefficient (Wildman–Crippen LogP) is 4.00. The first-order valence-corrected chi connectivity index (χ1v) is 8.63. The molecular weight excluding hydrogens is 374 g/mol. The van der Waals surface area contributed by atoms with Gasteiger partial charge in [0.1, 0.15) is 21.5 Å². The Morgan fingerprint density at radius 1 is 1.07 bits per heavy atom. The molecule has 0 saturated heterocycles. The number of carbonyl (C=O) groups excluding carboxylic acids is 2. The first-order valence-electron chi connectivity index (χ1n) is 7.82. The minimum Gasteiger partial charge on any atom is -0.324 e. The van der Waals surface area contributed by atoms with Crippen LogP contribution < -0.4 is 10.6 Å². The molecule has 0 aliphatic rings. The van der Waals surface area contributed by atoms with Gasteiger partial charge in [-0.05, 0) is 25.1 Å². The zero-order valence-corrected chi connectivity index (χ0v) is 15.2. The zero-order chi connectivity index (χ0) is 19.6. The third-order valence-electron chi connectivity index (χ3n) is 3.50. The van der Waals surface area contributed by atoms with Gasteiger partial charge in [-0.15, -0.1) is 11.3 Å². The molecule has 3 rings (SSSR count). The molecule has 1 aromatic carbocycles. The van der Waals surface area contributed by atoms with E-state index in [2.05, 4.69) is 20.6 Å². The minimum atomic E-state index is -0.956. The topological polar surface area (TPSA) is 84.0 Å². The lowest BCUT2D eigenvalue weighted by atomic mass is 10.2. The van der Waals surface area contributed by atoms with Crippen molar-refractivity contribution < 1.29 is 18.4 Å². The first kappa shape index (κ1) is 18.6. The highest BCUT2D eigenvalue weighted by atomic mass is 32.1. The number of halogens is 2. The Hall–Kier alpha value is -3.20. The summed E-state index contributed by atoms with van der Waals surface area (Å²) in [4.78, 5) is 32.4. The third kappa shape index (κ3) is 4.14. The number of thiazole rings is 1. The van der Waals surface area contributed by atoms with Gasteiger partial charge in [0.2, 0.25) is 5.91 Å². The normalized spacial score (nSPS) is 10.5. The van der Waals surface area contributed by atoms with E-state index in [1.807, 2.05) is 0 Å². The number of nitrogens with zero attached hydrogens (tertiary/aromatic N) is 2. The van der Waals surface area contributed by atoms with Gasteiger partial charge in [0.05, 0.1) is 22.8 Å². The lowest BCUT2D eigenvalue weighted by molar-refractivity contribution is -0.114. The maximum Gasteiger partial charge on any atom is 0.267 e. The Morgan fingerprint density at radius 3 is 2.41 bits per heavy atom. The molecule has 138 valence electrons. The average molecular weight is 388 g/mol. The van der Waals surface area contributed by atoms with Crippen molar-refractivity contribution in [3.8, 4) is 10.7 Å². The second-order valence-electron chi connectivity index (χ2n) is 5.60. The van der Waals surface area contributed by atoms with Crippen molar-refractivity contribution in [3.63, 3.8) is 0 Å². The minimum absolute atomic E-state index is 0.227. The van der Waals surface area contributed by atoms with E-state index in [4.69, 9.17) is 0 Å². The summed E-state index contributed by atoms with van der Waals surface area (Å²) in [6.45, 7) is 2.85. The van der Waals surface area contributed by atoms with Crippen LogP contribution in [0.1, 0.15) is 22.3 Å². The molecule has 0 aliphatic heterocycles. The lowest BCUT2D eigenvalue weighted by Gasteiger charge is -2.10. The van der Waals surface area contributed by atoms with Crippen LogP contribution in [-0.2, 0) is 4.79 Å². The summed E-state index contributed by atoms with van der Waals surface area (Å²) in [5.41, 5.74) is 0.597. The Morgan fingerprint density at radius 2 is 1.78 bits per heavy atom. The third-order valence-corrected chi connectivity index (χ3v) is 4.68. The first-order chi connectivity index (χ1) is 12.8. The molecule has 6 nitrogen and oxygen atoms in total. The fourth-order valence-corrected chi connectivity index (χ4v) is 3.25. The number of hydrogen-bond donors (Lipinski definition) is 2. The van der Waals surface area contributed by atoms with Crippen LogP contribution in [-0.4, -0.2) is 21.8 Å². The number of pyridine rings is 1. The summed E-state index contributed by atoms with van der Waals surface area (Å²) in [5, 5.41) is 5.18. The number of nitrogens with one attached hydrogen (secondary N) is 2. The van der Waals surface area contributed by atoms with Gasteiger partial charge in [-0.1, -0.05) is 6.07 Å². The Bertz CT molecular complexity index is 1020. The second kappa shape index (κ2) is 7.58. The largest absolute Gasteiger partial charge is 0.324 e. The molecule has 2 amide bonds. The van der Waals surface area contributed by atoms with Crippen LogP contribution in [0.25, 0.3) is 10.7 Å². The molecule has 0 fully saturated rings. The van der Waals surface area contributed by atoms with E-state index < -0.39 is 23.4 Å². The molecule has 2 N–H and O–H groups in total. The van der Waals surface area contributed by atoms with E-state index in [-0.39, 0.29) is 16.3 Å². The molecule has 27 heavy (non-hydrogen) atoms. The van der Waals surface area contributed by atoms with Gasteiger partial charge in [-0.25, -0.2) is 13.8 Å². The van der Waals surface area contributed by atoms with Gasteiger partial charge in [-0.2, -0.15) is 0 Å². The molecule has 0 spiro atoms. The summed E-state index contributed by atoms with van der Waals surface area (Å²) in [7, 11) is 0. The van der Waals surface area contributed by atoms with Gasteiger partial charge in [-0.3, -0.25) is 14.6 Å². The number of hydrogen-bond acceptors (Lipinski definition) is 5. The number of rotatable bonds is 4. The van der Waals surface area contributed by atoms with Crippen molar-refractivity contribution in [1.82, 2.24) is 9.97 Å². The molecule has 0 radical (unpaired) electrons. The molecule has 2 heterocycles. The number of benzene rings is 1. The average Bonchev–Trinajstić information content (AvgIpc) is 3.01. The highest BCUT2D eigenvalue weighted by Gasteiger charge is 2.19. The summed E-state index contributed by atoms with van der Waals surface area (Å²) in [5.74, 6) is -3.00. The number of aromatic nitrogens is 2. The summed E-state index contributed by atoms with van der Waals surface area (Å²) >= 11 is 1.11. The van der Waals surface area contributed by atoms with Crippen molar-refractivity contribution in [2.24, 2.45) is 0 Å². The van der Waals surface area contributed by atoms with E-state index >= 15 is 0 Å². The Kier molecular flexibility index (Phi) is 5.22. The summed E-state index contributed by atoms with van der Waals surface area (Å²) in [6, 6.07) is 6.96. The zero-order valence-electron chi connectivity index (χ0n) is 14.3. The van der Waals surface area contributed by atoms with Gasteiger partial charge < -0.3 is 10.6 Å². The molecule has 2 aromatic heterocycles. The molecular formula is C18H14F2N4O2S. The second-order valence-corrected chi connectivity index (χ2v) is 6.59. The Labute approximate surface area is 157 Å². The molecule has 0 unspecified atom stereocenters. The molecule has 0 saturated carbocycles. The summed E-state index contributed by atoms with van der Waals surface area (Å²) in [6.07, 6.45) is 1.61. The van der Waals surface area contributed by atoms with Crippen molar-refractivity contribution in [1.29, 1.82) is 0 Å². The predicted molar refractivity (Wildman–Crippen MR) is 98.7 cm³/mol. The van der Waals surface area contributed by atoms with Gasteiger partial charge in [0.15, 0.2) is 0 Å². The number of amides is 2. The van der Waals surface area contributed by atoms with Crippen molar-refractivity contribution in [2.45, 2.75) is 13.8 Å². The summed E-state index contributed by atoms with van der Waals surface area (Å²) < 4.78 is 27.7. The molecule has 9 heteroatoms. The van der Waals surface area contributed by atoms with E-state index in [9.17, 15) is 18.4 Å². The van der Waals surface area contributed by atoms with Crippen LogP contribution in [0.4, 0.5) is 20.2 Å². The van der Waals surface area contributed by atoms with Crippen LogP contribution in [0.2, 0.25) is 0 Å². The quantitative estimate of drug-likeness (QED) is 0.708. The number of anilines is 2. The fourth-order valence-electron chi connectivity index (χ4n) is 2.32. The molecule has 3 aromatic rings. The van der Waals surface area contributed by atoms with Crippen LogP contribution >= 0.6 is 11.3 Å². The molecule has 0 aliphatic carbocycles. The van der Waals surface area contributed by atoms with Crippen molar-refractivity contribution >= 4 is 34.5 Å². The van der Waals surface area contributed by atoms with Crippen LogP contribution in [0.3, 0.4) is 0 Å². The van der Waals surface area contributed by atoms with Crippen LogP contribution in [0, 0.1) is 18.6 Å². The van der Waals surface area contributed by atoms with E-state index in [1.165, 1.54) is 6.92 Å². The monoisotopic (exact) mass is 388 g/mol. The number of carbonyl (C=O) groups is 2. The maximum atomic E-state index is 14.0. The lowest BCUT2D eigenvalue weighted by Crippen LogP contribution is -2.14. The van der Waals surface area contributed by atoms with Crippen molar-refractivity contribution in [2.75, 3.05) is 10.6 Å². The standard InChI is InChI=1S/C18H14F2N4O2S/c1-9-16(27-18(22-9)13-5-3-4-6-21-13)17(26)24-15-8-14(23-10(2)25)11(19)7-12(15)20/h3-8H,1-2H3,(H,23,25)(H,24,26).